The first-order valence-electron chi connectivity index (χ1n) is 7.47. The fourth-order valence-electron chi connectivity index (χ4n) is 4.06. The first kappa shape index (κ1) is 13.9. The molecule has 0 N–H and O–H groups in total. The standard InChI is InChI=1S/C17H19N3O/c1-11-7-12-9-14(8-11)16(15(21)10-12)17(19-20-18)13-5-3-2-4-6-13/h2-6,12,14,16-17H,1,7-10H2/t12-,14+,16-,17?/m1/s1. The van der Waals surface area contributed by atoms with E-state index < -0.39 is 0 Å². The lowest BCUT2D eigenvalue weighted by Gasteiger charge is -2.42. The highest BCUT2D eigenvalue weighted by Gasteiger charge is 2.43. The molecule has 0 spiro atoms. The highest BCUT2D eigenvalue weighted by molar-refractivity contribution is 5.83. The summed E-state index contributed by atoms with van der Waals surface area (Å²) in [4.78, 5) is 15.6. The number of nitrogens with zero attached hydrogens (tertiary/aromatic N) is 3. The van der Waals surface area contributed by atoms with Crippen molar-refractivity contribution < 1.29 is 4.79 Å². The van der Waals surface area contributed by atoms with Gasteiger partial charge in [-0.2, -0.15) is 0 Å². The topological polar surface area (TPSA) is 65.8 Å². The zero-order valence-corrected chi connectivity index (χ0v) is 12.0. The second-order valence-electron chi connectivity index (χ2n) is 6.28. The van der Waals surface area contributed by atoms with Crippen molar-refractivity contribution in [2.75, 3.05) is 0 Å². The van der Waals surface area contributed by atoms with Crippen LogP contribution in [0.5, 0.6) is 0 Å². The fraction of sp³-hybridized carbons (Fsp3) is 0.471. The molecular weight excluding hydrogens is 262 g/mol. The maximum Gasteiger partial charge on any atom is 0.137 e. The van der Waals surface area contributed by atoms with Crippen LogP contribution in [0.25, 0.3) is 10.4 Å². The summed E-state index contributed by atoms with van der Waals surface area (Å²) in [7, 11) is 0. The van der Waals surface area contributed by atoms with Gasteiger partial charge >= 0.3 is 0 Å². The molecule has 4 heteroatoms. The molecule has 0 aliphatic heterocycles. The van der Waals surface area contributed by atoms with Crippen LogP contribution in [-0.2, 0) is 4.79 Å². The number of azide groups is 1. The van der Waals surface area contributed by atoms with E-state index in [9.17, 15) is 4.79 Å². The van der Waals surface area contributed by atoms with Crippen LogP contribution in [-0.4, -0.2) is 5.78 Å². The summed E-state index contributed by atoms with van der Waals surface area (Å²) in [6.45, 7) is 4.12. The van der Waals surface area contributed by atoms with Crippen molar-refractivity contribution in [2.24, 2.45) is 22.9 Å². The zero-order valence-electron chi connectivity index (χ0n) is 12.0. The van der Waals surface area contributed by atoms with Gasteiger partial charge < -0.3 is 0 Å². The summed E-state index contributed by atoms with van der Waals surface area (Å²) in [5.74, 6) is 0.775. The average Bonchev–Trinajstić information content (AvgIpc) is 2.46. The number of fused-ring (bicyclic) bond motifs is 2. The van der Waals surface area contributed by atoms with Crippen molar-refractivity contribution >= 4 is 5.78 Å². The number of carbonyl (C=O) groups excluding carboxylic acids is 1. The van der Waals surface area contributed by atoms with Crippen LogP contribution in [0.4, 0.5) is 0 Å². The van der Waals surface area contributed by atoms with Gasteiger partial charge in [0.1, 0.15) is 5.78 Å². The van der Waals surface area contributed by atoms with Crippen LogP contribution >= 0.6 is 0 Å². The molecule has 2 bridgehead atoms. The molecule has 2 saturated carbocycles. The van der Waals surface area contributed by atoms with Crippen molar-refractivity contribution in [3.05, 3.63) is 58.5 Å². The van der Waals surface area contributed by atoms with Gasteiger partial charge in [0.05, 0.1) is 6.04 Å². The minimum atomic E-state index is -0.388. The number of hydrogen-bond acceptors (Lipinski definition) is 2. The lowest BCUT2D eigenvalue weighted by molar-refractivity contribution is -0.130. The summed E-state index contributed by atoms with van der Waals surface area (Å²) < 4.78 is 0. The smallest absolute Gasteiger partial charge is 0.137 e. The number of allylic oxidation sites excluding steroid dienone is 1. The summed E-state index contributed by atoms with van der Waals surface area (Å²) in [6, 6.07) is 9.27. The first-order valence-corrected chi connectivity index (χ1v) is 7.47. The van der Waals surface area contributed by atoms with Gasteiger partial charge in [0.15, 0.2) is 0 Å². The molecule has 0 saturated heterocycles. The molecular formula is C17H19N3O. The Morgan fingerprint density at radius 3 is 2.71 bits per heavy atom. The average molecular weight is 281 g/mol. The molecule has 4 atom stereocenters. The molecule has 21 heavy (non-hydrogen) atoms. The van der Waals surface area contributed by atoms with Gasteiger partial charge in [-0.05, 0) is 42.2 Å². The second-order valence-corrected chi connectivity index (χ2v) is 6.28. The monoisotopic (exact) mass is 281 g/mol. The van der Waals surface area contributed by atoms with Gasteiger partial charge in [0.25, 0.3) is 0 Å². The Hall–Kier alpha value is -2.06. The molecule has 0 aromatic heterocycles. The summed E-state index contributed by atoms with van der Waals surface area (Å²) >= 11 is 0. The number of rotatable bonds is 3. The molecule has 3 rings (SSSR count). The van der Waals surface area contributed by atoms with Crippen molar-refractivity contribution in [1.29, 1.82) is 0 Å². The van der Waals surface area contributed by atoms with E-state index in [-0.39, 0.29) is 23.7 Å². The molecule has 0 heterocycles. The Balaban J connectivity index is 1.96. The van der Waals surface area contributed by atoms with E-state index in [1.54, 1.807) is 0 Å². The molecule has 2 fully saturated rings. The van der Waals surface area contributed by atoms with Crippen LogP contribution in [0.1, 0.15) is 37.3 Å². The lowest BCUT2D eigenvalue weighted by atomic mass is 9.62. The number of ketones is 1. The molecule has 1 unspecified atom stereocenters. The van der Waals surface area contributed by atoms with Crippen molar-refractivity contribution in [2.45, 2.75) is 31.7 Å². The van der Waals surface area contributed by atoms with Gasteiger partial charge in [0, 0.05) is 17.3 Å². The third-order valence-corrected chi connectivity index (χ3v) is 4.79. The quantitative estimate of drug-likeness (QED) is 0.345. The highest BCUT2D eigenvalue weighted by Crippen LogP contribution is 2.48. The number of Topliss-reactive ketones (excluding diaryl/α,β-unsaturated/α-hetero) is 1. The Bertz CT molecular complexity index is 604. The maximum atomic E-state index is 12.6. The minimum Gasteiger partial charge on any atom is -0.299 e. The van der Waals surface area contributed by atoms with E-state index in [1.165, 1.54) is 5.57 Å². The Kier molecular flexibility index (Phi) is 3.80. The summed E-state index contributed by atoms with van der Waals surface area (Å²) in [6.07, 6.45) is 3.52. The van der Waals surface area contributed by atoms with Crippen LogP contribution in [0.2, 0.25) is 0 Å². The van der Waals surface area contributed by atoms with E-state index in [0.29, 0.717) is 12.3 Å². The van der Waals surface area contributed by atoms with E-state index in [2.05, 4.69) is 16.6 Å². The fourth-order valence-corrected chi connectivity index (χ4v) is 4.06. The van der Waals surface area contributed by atoms with E-state index in [1.807, 2.05) is 30.3 Å². The number of carbonyl (C=O) groups is 1. The molecule has 1 aromatic rings. The van der Waals surface area contributed by atoms with Gasteiger partial charge in [-0.25, -0.2) is 0 Å². The van der Waals surface area contributed by atoms with Crippen LogP contribution < -0.4 is 0 Å². The largest absolute Gasteiger partial charge is 0.299 e. The van der Waals surface area contributed by atoms with Crippen molar-refractivity contribution in [1.82, 2.24) is 0 Å². The summed E-state index contributed by atoms with van der Waals surface area (Å²) in [5, 5.41) is 3.97. The molecule has 0 radical (unpaired) electrons. The minimum absolute atomic E-state index is 0.198. The molecule has 2 aliphatic carbocycles. The second kappa shape index (κ2) is 5.74. The van der Waals surface area contributed by atoms with Crippen LogP contribution in [0, 0.1) is 17.8 Å². The van der Waals surface area contributed by atoms with E-state index in [4.69, 9.17) is 5.53 Å². The van der Waals surface area contributed by atoms with Gasteiger partial charge in [0.2, 0.25) is 0 Å². The highest BCUT2D eigenvalue weighted by atomic mass is 16.1. The molecule has 4 nitrogen and oxygen atoms in total. The number of benzene rings is 1. The third kappa shape index (κ3) is 2.72. The zero-order chi connectivity index (χ0) is 14.8. The lowest BCUT2D eigenvalue weighted by Crippen LogP contribution is -2.39. The Morgan fingerprint density at radius 2 is 2.00 bits per heavy atom. The van der Waals surface area contributed by atoms with Crippen LogP contribution in [0.15, 0.2) is 47.6 Å². The predicted octanol–water partition coefficient (Wildman–Crippen LogP) is 4.60. The first-order chi connectivity index (χ1) is 10.2. The van der Waals surface area contributed by atoms with Crippen molar-refractivity contribution in [3.63, 3.8) is 0 Å². The van der Waals surface area contributed by atoms with E-state index in [0.717, 1.165) is 24.8 Å². The molecule has 2 aliphatic rings. The van der Waals surface area contributed by atoms with Crippen LogP contribution in [0.3, 0.4) is 0 Å². The third-order valence-electron chi connectivity index (χ3n) is 4.79. The summed E-state index contributed by atoms with van der Waals surface area (Å²) in [5.41, 5.74) is 11.1. The van der Waals surface area contributed by atoms with Crippen molar-refractivity contribution in [3.8, 4) is 0 Å². The van der Waals surface area contributed by atoms with Gasteiger partial charge in [-0.15, -0.1) is 0 Å². The van der Waals surface area contributed by atoms with Gasteiger partial charge in [-0.1, -0.05) is 47.6 Å². The Morgan fingerprint density at radius 1 is 1.24 bits per heavy atom. The molecule has 0 amide bonds. The maximum absolute atomic E-state index is 12.6. The Labute approximate surface area is 124 Å². The molecule has 108 valence electrons. The normalized spacial score (nSPS) is 29.6. The predicted molar refractivity (Wildman–Crippen MR) is 81.4 cm³/mol. The SMILES string of the molecule is C=C1C[C@H]2CC(=O)[C@H](C(N=[N+]=[N-])c3ccccc3)[C@@H](C1)C2. The van der Waals surface area contributed by atoms with E-state index >= 15 is 0 Å². The van der Waals surface area contributed by atoms with Gasteiger partial charge in [-0.3, -0.25) is 4.79 Å². The number of hydrogen-bond donors (Lipinski definition) is 0. The molecule has 1 aromatic carbocycles.